The number of amides is 3. The van der Waals surface area contributed by atoms with E-state index in [2.05, 4.69) is 5.32 Å². The van der Waals surface area contributed by atoms with Crippen LogP contribution in [0.15, 0.2) is 0 Å². The highest BCUT2D eigenvalue weighted by atomic mass is 16.7. The van der Waals surface area contributed by atoms with Crippen molar-refractivity contribution < 1.29 is 38.8 Å². The van der Waals surface area contributed by atoms with Gasteiger partial charge in [-0.05, 0) is 0 Å². The van der Waals surface area contributed by atoms with Gasteiger partial charge < -0.3 is 29.7 Å². The van der Waals surface area contributed by atoms with Crippen LogP contribution in [0.4, 0.5) is 0 Å². The average molecular weight is 372 g/mol. The Morgan fingerprint density at radius 3 is 2.77 bits per heavy atom. The molecule has 3 aliphatic heterocycles. The van der Waals surface area contributed by atoms with Crippen LogP contribution >= 0.6 is 0 Å². The molecule has 0 saturated carbocycles. The monoisotopic (exact) mass is 372 g/mol. The van der Waals surface area contributed by atoms with E-state index in [1.807, 2.05) is 0 Å². The molecular formula is C16H24N2O8. The zero-order chi connectivity index (χ0) is 19.1. The van der Waals surface area contributed by atoms with Crippen LogP contribution in [-0.4, -0.2) is 89.3 Å². The molecule has 3 amide bonds. The van der Waals surface area contributed by atoms with Crippen LogP contribution in [0.5, 0.6) is 0 Å². The van der Waals surface area contributed by atoms with Gasteiger partial charge in [-0.1, -0.05) is 6.92 Å². The summed E-state index contributed by atoms with van der Waals surface area (Å²) in [6, 6.07) is -0.876. The summed E-state index contributed by atoms with van der Waals surface area (Å²) in [5.74, 6) is -1.13. The first-order valence-electron chi connectivity index (χ1n) is 8.60. The zero-order valence-corrected chi connectivity index (χ0v) is 14.7. The molecule has 146 valence electrons. The number of carbonyl (C=O) groups is 3. The number of fused-ring (bicyclic) bond motifs is 2. The molecule has 10 heteroatoms. The third-order valence-corrected chi connectivity index (χ3v) is 5.01. The van der Waals surface area contributed by atoms with Crippen LogP contribution in [0.1, 0.15) is 20.3 Å². The Bertz CT molecular complexity index is 599. The fourth-order valence-electron chi connectivity index (χ4n) is 3.56. The maximum atomic E-state index is 11.9. The molecule has 0 spiro atoms. The van der Waals surface area contributed by atoms with E-state index in [0.29, 0.717) is 0 Å². The Labute approximate surface area is 150 Å². The molecule has 10 nitrogen and oxygen atoms in total. The Morgan fingerprint density at radius 2 is 2.15 bits per heavy atom. The molecule has 1 unspecified atom stereocenters. The molecule has 3 aliphatic rings. The summed E-state index contributed by atoms with van der Waals surface area (Å²) in [4.78, 5) is 36.0. The molecule has 3 N–H and O–H groups in total. The third kappa shape index (κ3) is 3.35. The number of imide groups is 1. The van der Waals surface area contributed by atoms with Gasteiger partial charge in [0.05, 0.1) is 26.4 Å². The normalized spacial score (nSPS) is 39.5. The van der Waals surface area contributed by atoms with E-state index < -0.39 is 30.1 Å². The van der Waals surface area contributed by atoms with Crippen molar-refractivity contribution in [2.75, 3.05) is 26.4 Å². The second-order valence-electron chi connectivity index (χ2n) is 7.07. The highest BCUT2D eigenvalue weighted by Gasteiger charge is 2.59. The first-order chi connectivity index (χ1) is 12.2. The molecule has 0 aromatic heterocycles. The molecule has 6 atom stereocenters. The van der Waals surface area contributed by atoms with Gasteiger partial charge in [-0.25, -0.2) is 0 Å². The Hall–Kier alpha value is -1.59. The van der Waals surface area contributed by atoms with Crippen molar-refractivity contribution in [2.24, 2.45) is 5.92 Å². The highest BCUT2D eigenvalue weighted by molar-refractivity contribution is 6.03. The molecule has 2 bridgehead atoms. The van der Waals surface area contributed by atoms with Crippen molar-refractivity contribution in [3.63, 3.8) is 0 Å². The molecule has 3 rings (SSSR count). The van der Waals surface area contributed by atoms with Gasteiger partial charge in [0.25, 0.3) is 0 Å². The van der Waals surface area contributed by atoms with E-state index >= 15 is 0 Å². The Morgan fingerprint density at radius 1 is 1.42 bits per heavy atom. The molecule has 0 aromatic carbocycles. The minimum Gasteiger partial charge on any atom is -0.388 e. The predicted octanol–water partition coefficient (Wildman–Crippen LogP) is -2.25. The van der Waals surface area contributed by atoms with Gasteiger partial charge in [-0.3, -0.25) is 19.3 Å². The van der Waals surface area contributed by atoms with Gasteiger partial charge in [-0.15, -0.1) is 0 Å². The number of carbonyl (C=O) groups excluding carboxylic acids is 3. The average Bonchev–Trinajstić information content (AvgIpc) is 3.09. The molecular weight excluding hydrogens is 348 g/mol. The Balaban J connectivity index is 1.53. The van der Waals surface area contributed by atoms with Crippen LogP contribution in [-0.2, 0) is 28.6 Å². The number of rotatable bonds is 6. The summed E-state index contributed by atoms with van der Waals surface area (Å²) in [7, 11) is 0. The number of aliphatic hydroxyl groups is 2. The maximum Gasteiger partial charge on any atom is 0.232 e. The second-order valence-corrected chi connectivity index (χ2v) is 7.07. The van der Waals surface area contributed by atoms with E-state index in [0.717, 1.165) is 4.90 Å². The molecule has 0 radical (unpaired) electrons. The summed E-state index contributed by atoms with van der Waals surface area (Å²) < 4.78 is 16.7. The van der Waals surface area contributed by atoms with E-state index in [9.17, 15) is 24.6 Å². The number of hydrogen-bond acceptors (Lipinski definition) is 8. The van der Waals surface area contributed by atoms with Crippen LogP contribution in [0.2, 0.25) is 0 Å². The largest absolute Gasteiger partial charge is 0.388 e. The van der Waals surface area contributed by atoms with Crippen LogP contribution in [0.25, 0.3) is 0 Å². The Kier molecular flexibility index (Phi) is 5.31. The highest BCUT2D eigenvalue weighted by Crippen LogP contribution is 2.37. The summed E-state index contributed by atoms with van der Waals surface area (Å²) in [5, 5.41) is 23.2. The maximum absolute atomic E-state index is 11.9. The molecule has 3 saturated heterocycles. The molecule has 0 aromatic rings. The number of ether oxygens (including phenoxy) is 3. The van der Waals surface area contributed by atoms with Gasteiger partial charge in [0.15, 0.2) is 6.29 Å². The van der Waals surface area contributed by atoms with E-state index in [1.165, 1.54) is 6.92 Å². The number of likely N-dealkylation sites (tertiary alicyclic amines) is 1. The lowest BCUT2D eigenvalue weighted by Gasteiger charge is -2.42. The zero-order valence-electron chi connectivity index (χ0n) is 14.7. The van der Waals surface area contributed by atoms with Crippen LogP contribution < -0.4 is 5.32 Å². The van der Waals surface area contributed by atoms with E-state index in [4.69, 9.17) is 14.2 Å². The third-order valence-electron chi connectivity index (χ3n) is 5.01. The lowest BCUT2D eigenvalue weighted by molar-refractivity contribution is -0.237. The minimum atomic E-state index is -1.33. The smallest absolute Gasteiger partial charge is 0.232 e. The number of aliphatic hydroxyl groups excluding tert-OH is 2. The van der Waals surface area contributed by atoms with Gasteiger partial charge in [-0.2, -0.15) is 0 Å². The van der Waals surface area contributed by atoms with Crippen molar-refractivity contribution in [2.45, 2.75) is 50.4 Å². The fourth-order valence-corrected chi connectivity index (χ4v) is 3.56. The van der Waals surface area contributed by atoms with Gasteiger partial charge >= 0.3 is 0 Å². The van der Waals surface area contributed by atoms with Crippen LogP contribution in [0.3, 0.4) is 0 Å². The van der Waals surface area contributed by atoms with Crippen molar-refractivity contribution in [1.82, 2.24) is 10.2 Å². The van der Waals surface area contributed by atoms with E-state index in [-0.39, 0.29) is 56.4 Å². The molecule has 3 fully saturated rings. The summed E-state index contributed by atoms with van der Waals surface area (Å²) in [6.07, 6.45) is -3.28. The summed E-state index contributed by atoms with van der Waals surface area (Å²) >= 11 is 0. The number of nitrogens with zero attached hydrogens (tertiary/aromatic N) is 1. The summed E-state index contributed by atoms with van der Waals surface area (Å²) in [6.45, 7) is 3.11. The standard InChI is InChI=1S/C16H24N2O8/c1-8-5-10(20)18(14(8)23)3-4-24-6-16-7-25-15(26-16)11(17-9(2)19)12(21)13(16)22/h8,11-13,15,21-22H,3-7H2,1-2H3,(H,17,19)/t8?,11-,12+,13+,15-,16-/m0/s1. The fraction of sp³-hybridized carbons (Fsp3) is 0.812. The topological polar surface area (TPSA) is 135 Å². The van der Waals surface area contributed by atoms with Gasteiger partial charge in [0.1, 0.15) is 23.9 Å². The predicted molar refractivity (Wildman–Crippen MR) is 84.5 cm³/mol. The van der Waals surface area contributed by atoms with E-state index in [1.54, 1.807) is 6.92 Å². The lowest BCUT2D eigenvalue weighted by atomic mass is 9.88. The number of nitrogens with one attached hydrogen (secondary N) is 1. The first kappa shape index (κ1) is 19.2. The molecule has 0 aliphatic carbocycles. The van der Waals surface area contributed by atoms with Crippen molar-refractivity contribution in [3.05, 3.63) is 0 Å². The minimum absolute atomic E-state index is 0.00934. The van der Waals surface area contributed by atoms with Crippen molar-refractivity contribution in [1.29, 1.82) is 0 Å². The SMILES string of the molecule is CC(=O)N[C@@H]1[C@H]2OC[C@](COCCN3C(=O)CC(C)C3=O)(O2)[C@H](O)[C@@H]1O. The van der Waals surface area contributed by atoms with Gasteiger partial charge in [0, 0.05) is 19.3 Å². The van der Waals surface area contributed by atoms with Crippen molar-refractivity contribution >= 4 is 17.7 Å². The first-order valence-corrected chi connectivity index (χ1v) is 8.60. The number of hydrogen-bond donors (Lipinski definition) is 3. The van der Waals surface area contributed by atoms with Gasteiger partial charge in [0.2, 0.25) is 17.7 Å². The molecule has 3 heterocycles. The molecule has 26 heavy (non-hydrogen) atoms. The van der Waals surface area contributed by atoms with Crippen LogP contribution in [0, 0.1) is 5.92 Å². The lowest BCUT2D eigenvalue weighted by Crippen LogP contribution is -2.66. The quantitative estimate of drug-likeness (QED) is 0.352. The second kappa shape index (κ2) is 7.20. The summed E-state index contributed by atoms with van der Waals surface area (Å²) in [5.41, 5.74) is -1.26. The van der Waals surface area contributed by atoms with Crippen molar-refractivity contribution in [3.8, 4) is 0 Å².